The third-order valence-electron chi connectivity index (χ3n) is 1.65. The van der Waals surface area contributed by atoms with Gasteiger partial charge in [0.15, 0.2) is 0 Å². The Morgan fingerprint density at radius 3 is 2.29 bits per heavy atom. The van der Waals surface area contributed by atoms with Crippen LogP contribution in [0.15, 0.2) is 0 Å². The zero-order valence-corrected chi connectivity index (χ0v) is 9.54. The number of hydroxylamine groups is 1. The summed E-state index contributed by atoms with van der Waals surface area (Å²) in [4.78, 5) is 16.3. The minimum atomic E-state index is -0.470. The lowest BCUT2D eigenvalue weighted by Crippen LogP contribution is -2.41. The van der Waals surface area contributed by atoms with Gasteiger partial charge < -0.3 is 5.73 Å². The maximum atomic E-state index is 11.3. The van der Waals surface area contributed by atoms with E-state index in [0.29, 0.717) is 24.9 Å². The number of nitrogens with one attached hydrogen (secondary N) is 1. The van der Waals surface area contributed by atoms with E-state index in [4.69, 9.17) is 10.6 Å². The van der Waals surface area contributed by atoms with Crippen LogP contribution in [0.4, 0.5) is 0 Å². The first kappa shape index (κ1) is 13.4. The van der Waals surface area contributed by atoms with Crippen LogP contribution in [0, 0.1) is 11.8 Å². The van der Waals surface area contributed by atoms with E-state index >= 15 is 0 Å². The lowest BCUT2D eigenvalue weighted by molar-refractivity contribution is -0.136. The van der Waals surface area contributed by atoms with Gasteiger partial charge in [0.05, 0.1) is 12.6 Å². The fourth-order valence-electron chi connectivity index (χ4n) is 0.970. The highest BCUT2D eigenvalue weighted by atomic mass is 16.7. The van der Waals surface area contributed by atoms with Gasteiger partial charge in [0.25, 0.3) is 5.91 Å². The average molecular weight is 202 g/mol. The van der Waals surface area contributed by atoms with Gasteiger partial charge in [-0.2, -0.15) is 0 Å². The van der Waals surface area contributed by atoms with Crippen molar-refractivity contribution in [2.45, 2.75) is 40.2 Å². The van der Waals surface area contributed by atoms with Crippen molar-refractivity contribution < 1.29 is 9.63 Å². The Balaban J connectivity index is 3.62. The Hall–Kier alpha value is -0.610. The molecule has 0 rings (SSSR count). The number of amides is 1. The van der Waals surface area contributed by atoms with Crippen LogP contribution < -0.4 is 11.2 Å². The molecule has 0 aliphatic heterocycles. The molecule has 84 valence electrons. The van der Waals surface area contributed by atoms with Gasteiger partial charge in [-0.25, -0.2) is 5.48 Å². The molecule has 3 N–H and O–H groups in total. The van der Waals surface area contributed by atoms with E-state index in [1.54, 1.807) is 0 Å². The molecule has 14 heavy (non-hydrogen) atoms. The second kappa shape index (κ2) is 6.79. The highest BCUT2D eigenvalue weighted by Gasteiger charge is 2.14. The van der Waals surface area contributed by atoms with Crippen molar-refractivity contribution in [1.82, 2.24) is 5.48 Å². The molecule has 0 aromatic rings. The number of rotatable bonds is 6. The largest absolute Gasteiger partial charge is 0.320 e. The predicted molar refractivity (Wildman–Crippen MR) is 56.4 cm³/mol. The highest BCUT2D eigenvalue weighted by molar-refractivity contribution is 5.80. The van der Waals surface area contributed by atoms with Crippen LogP contribution in [0.3, 0.4) is 0 Å². The summed E-state index contributed by atoms with van der Waals surface area (Å²) in [5, 5.41) is 0. The average Bonchev–Trinajstić information content (AvgIpc) is 2.01. The van der Waals surface area contributed by atoms with Gasteiger partial charge in [-0.15, -0.1) is 0 Å². The molecule has 0 radical (unpaired) electrons. The van der Waals surface area contributed by atoms with Crippen molar-refractivity contribution >= 4 is 5.91 Å². The highest BCUT2D eigenvalue weighted by Crippen LogP contribution is 2.02. The summed E-state index contributed by atoms with van der Waals surface area (Å²) in [6.07, 6.45) is 0.677. The van der Waals surface area contributed by atoms with Crippen LogP contribution in [-0.4, -0.2) is 18.6 Å². The number of nitrogens with two attached hydrogens (primary N) is 1. The van der Waals surface area contributed by atoms with Crippen molar-refractivity contribution in [3.8, 4) is 0 Å². The summed E-state index contributed by atoms with van der Waals surface area (Å²) in [5.74, 6) is 0.580. The van der Waals surface area contributed by atoms with Crippen molar-refractivity contribution in [2.75, 3.05) is 6.61 Å². The Morgan fingerprint density at radius 2 is 1.86 bits per heavy atom. The fourth-order valence-corrected chi connectivity index (χ4v) is 0.970. The zero-order chi connectivity index (χ0) is 11.1. The standard InChI is InChI=1S/C10H22N2O2/c1-7(2)5-9(11)10(13)12-14-6-8(3)4/h7-9H,5-6,11H2,1-4H3,(H,12,13)/t9-/m1/s1. The summed E-state index contributed by atoms with van der Waals surface area (Å²) in [5.41, 5.74) is 8.00. The number of hydrogen-bond acceptors (Lipinski definition) is 3. The summed E-state index contributed by atoms with van der Waals surface area (Å²) < 4.78 is 0. The van der Waals surface area contributed by atoms with Crippen LogP contribution >= 0.6 is 0 Å². The van der Waals surface area contributed by atoms with Crippen LogP contribution in [-0.2, 0) is 9.63 Å². The molecule has 1 atom stereocenters. The number of carbonyl (C=O) groups is 1. The minimum absolute atomic E-state index is 0.237. The van der Waals surface area contributed by atoms with E-state index in [-0.39, 0.29) is 5.91 Å². The van der Waals surface area contributed by atoms with E-state index in [9.17, 15) is 4.79 Å². The van der Waals surface area contributed by atoms with E-state index in [0.717, 1.165) is 0 Å². The van der Waals surface area contributed by atoms with E-state index in [2.05, 4.69) is 5.48 Å². The van der Waals surface area contributed by atoms with Gasteiger partial charge in [0.2, 0.25) is 0 Å². The van der Waals surface area contributed by atoms with Gasteiger partial charge >= 0.3 is 0 Å². The monoisotopic (exact) mass is 202 g/mol. The molecule has 0 aromatic heterocycles. The second-order valence-corrected chi connectivity index (χ2v) is 4.41. The SMILES string of the molecule is CC(C)CONC(=O)[C@H](N)CC(C)C. The Morgan fingerprint density at radius 1 is 1.29 bits per heavy atom. The molecule has 0 aliphatic carbocycles. The lowest BCUT2D eigenvalue weighted by atomic mass is 10.0. The number of carbonyl (C=O) groups excluding carboxylic acids is 1. The van der Waals surface area contributed by atoms with Crippen molar-refractivity contribution in [2.24, 2.45) is 17.6 Å². The van der Waals surface area contributed by atoms with E-state index in [1.807, 2.05) is 27.7 Å². The second-order valence-electron chi connectivity index (χ2n) is 4.41. The molecule has 4 heteroatoms. The first-order chi connectivity index (χ1) is 6.43. The van der Waals surface area contributed by atoms with Crippen molar-refractivity contribution in [3.63, 3.8) is 0 Å². The number of hydrogen-bond donors (Lipinski definition) is 2. The van der Waals surface area contributed by atoms with Crippen LogP contribution in [0.1, 0.15) is 34.1 Å². The smallest absolute Gasteiger partial charge is 0.260 e. The zero-order valence-electron chi connectivity index (χ0n) is 9.54. The lowest BCUT2D eigenvalue weighted by Gasteiger charge is -2.14. The molecule has 0 bridgehead atoms. The Labute approximate surface area is 86.1 Å². The van der Waals surface area contributed by atoms with E-state index < -0.39 is 6.04 Å². The molecule has 4 nitrogen and oxygen atoms in total. The van der Waals surface area contributed by atoms with Crippen LogP contribution in [0.5, 0.6) is 0 Å². The minimum Gasteiger partial charge on any atom is -0.320 e. The maximum absolute atomic E-state index is 11.3. The van der Waals surface area contributed by atoms with Crippen LogP contribution in [0.25, 0.3) is 0 Å². The van der Waals surface area contributed by atoms with Crippen molar-refractivity contribution in [1.29, 1.82) is 0 Å². The molecule has 1 amide bonds. The molecule has 0 saturated carbocycles. The normalized spacial score (nSPS) is 13.4. The summed E-state index contributed by atoms with van der Waals surface area (Å²) in [7, 11) is 0. The Bertz CT molecular complexity index is 170. The molecular weight excluding hydrogens is 180 g/mol. The molecule has 0 saturated heterocycles. The van der Waals surface area contributed by atoms with Crippen molar-refractivity contribution in [3.05, 3.63) is 0 Å². The Kier molecular flexibility index (Phi) is 6.49. The quantitative estimate of drug-likeness (QED) is 0.633. The van der Waals surface area contributed by atoms with E-state index in [1.165, 1.54) is 0 Å². The topological polar surface area (TPSA) is 64.3 Å². The molecular formula is C10H22N2O2. The summed E-state index contributed by atoms with van der Waals surface area (Å²) in [6.45, 7) is 8.60. The molecule has 0 spiro atoms. The van der Waals surface area contributed by atoms with Gasteiger partial charge in [0.1, 0.15) is 0 Å². The molecule has 0 aliphatic rings. The molecule has 0 unspecified atom stereocenters. The first-order valence-electron chi connectivity index (χ1n) is 5.10. The van der Waals surface area contributed by atoms with Gasteiger partial charge in [-0.3, -0.25) is 9.63 Å². The first-order valence-corrected chi connectivity index (χ1v) is 5.10. The van der Waals surface area contributed by atoms with Gasteiger partial charge in [-0.05, 0) is 18.3 Å². The molecule has 0 fully saturated rings. The fraction of sp³-hybridized carbons (Fsp3) is 0.900. The molecule has 0 heterocycles. The summed E-state index contributed by atoms with van der Waals surface area (Å²) in [6, 6.07) is -0.470. The molecule has 0 aromatic carbocycles. The van der Waals surface area contributed by atoms with Crippen LogP contribution in [0.2, 0.25) is 0 Å². The third kappa shape index (κ3) is 6.86. The summed E-state index contributed by atoms with van der Waals surface area (Å²) >= 11 is 0. The predicted octanol–water partition coefficient (Wildman–Crippen LogP) is 1.06. The maximum Gasteiger partial charge on any atom is 0.260 e. The van der Waals surface area contributed by atoms with Gasteiger partial charge in [-0.1, -0.05) is 27.7 Å². The van der Waals surface area contributed by atoms with Gasteiger partial charge in [0, 0.05) is 0 Å². The third-order valence-corrected chi connectivity index (χ3v) is 1.65.